The number of aromatic hydroxyl groups is 1. The predicted molar refractivity (Wildman–Crippen MR) is 90.8 cm³/mol. The van der Waals surface area contributed by atoms with Crippen LogP contribution < -0.4 is 9.67 Å². The summed E-state index contributed by atoms with van der Waals surface area (Å²) in [5.41, 5.74) is 1.35. The van der Waals surface area contributed by atoms with E-state index in [0.717, 1.165) is 17.7 Å². The van der Waals surface area contributed by atoms with E-state index in [1.54, 1.807) is 12.1 Å². The van der Waals surface area contributed by atoms with Crippen LogP contribution in [0.2, 0.25) is 0 Å². The number of hydrogen-bond donors (Lipinski definition) is 4. The zero-order valence-electron chi connectivity index (χ0n) is 13.4. The molecule has 0 aliphatic heterocycles. The summed E-state index contributed by atoms with van der Waals surface area (Å²) in [6.07, 6.45) is 0. The van der Waals surface area contributed by atoms with Gasteiger partial charge in [0.25, 0.3) is 5.69 Å². The van der Waals surface area contributed by atoms with Crippen molar-refractivity contribution in [2.45, 2.75) is 13.8 Å². The Bertz CT molecular complexity index is 832. The molecule has 9 nitrogen and oxygen atoms in total. The zero-order chi connectivity index (χ0) is 19.2. The van der Waals surface area contributed by atoms with E-state index >= 15 is 0 Å². The third-order valence-corrected chi connectivity index (χ3v) is 4.93. The fourth-order valence-electron chi connectivity index (χ4n) is 1.79. The molecule has 0 saturated carbocycles. The molecule has 4 N–H and O–H groups in total. The van der Waals surface area contributed by atoms with Gasteiger partial charge in [-0.3, -0.25) is 10.1 Å². The summed E-state index contributed by atoms with van der Waals surface area (Å²) >= 11 is -5.09. The van der Waals surface area contributed by atoms with Crippen LogP contribution in [-0.2, 0) is 8.53 Å². The van der Waals surface area contributed by atoms with Crippen molar-refractivity contribution in [1.82, 2.24) is 0 Å². The molecule has 0 spiro atoms. The standard InChI is InChI=1S/C8H10AsNO5.C7H7NO2/c1-5(11)10-6-2-3-7(8(12)4-6)9(13,14)15;1-6-3-2-4-7(5-6)8(9)10/h2-4,12H,1H3,(H,10,11)(H2,13,14,15);2-5H,1H3. The monoisotopic (exact) mass is 412 g/mol. The number of aryl methyl sites for hydroxylation is 1. The van der Waals surface area contributed by atoms with Crippen LogP contribution >= 0.6 is 0 Å². The number of rotatable bonds is 3. The maximum atomic E-state index is 10.9. The normalized spacial score (nSPS) is 10.4. The average molecular weight is 412 g/mol. The number of nitrogens with one attached hydrogen (secondary N) is 1. The minimum atomic E-state index is -5.09. The summed E-state index contributed by atoms with van der Waals surface area (Å²) in [4.78, 5) is 20.4. The Hall–Kier alpha value is -2.61. The maximum Gasteiger partial charge on any atom is 0.269 e. The van der Waals surface area contributed by atoms with Gasteiger partial charge in [0.1, 0.15) is 0 Å². The minimum Gasteiger partial charge on any atom is -0.258 e. The molecule has 0 unspecified atom stereocenters. The number of carbonyl (C=O) groups excluding carboxylic acids is 1. The summed E-state index contributed by atoms with van der Waals surface area (Å²) in [6.45, 7) is 3.12. The molecular weight excluding hydrogens is 395 g/mol. The maximum absolute atomic E-state index is 10.9. The van der Waals surface area contributed by atoms with Crippen molar-refractivity contribution in [3.63, 3.8) is 0 Å². The molecule has 0 bridgehead atoms. The fourth-order valence-corrected chi connectivity index (χ4v) is 3.12. The third kappa shape index (κ3) is 6.80. The summed E-state index contributed by atoms with van der Waals surface area (Å²) < 4.78 is 28.2. The number of carbonyl (C=O) groups is 1. The van der Waals surface area contributed by atoms with Crippen molar-refractivity contribution in [1.29, 1.82) is 0 Å². The number of non-ortho nitro benzene ring substituents is 1. The molecule has 0 aliphatic rings. The van der Waals surface area contributed by atoms with Gasteiger partial charge in [-0.25, -0.2) is 0 Å². The molecule has 25 heavy (non-hydrogen) atoms. The number of phenols is 1. The summed E-state index contributed by atoms with van der Waals surface area (Å²) in [5.74, 6) is -0.850. The second-order valence-electron chi connectivity index (χ2n) is 5.02. The number of nitro benzene ring substituents is 1. The number of hydrogen-bond acceptors (Lipinski definition) is 5. The largest absolute Gasteiger partial charge is 0.269 e. The Balaban J connectivity index is 0.000000271. The van der Waals surface area contributed by atoms with Crippen LogP contribution in [0.15, 0.2) is 42.5 Å². The van der Waals surface area contributed by atoms with Gasteiger partial charge in [-0.1, -0.05) is 12.1 Å². The molecule has 0 aliphatic carbocycles. The molecule has 2 aromatic rings. The molecule has 0 atom stereocenters. The van der Waals surface area contributed by atoms with E-state index in [1.165, 1.54) is 19.1 Å². The molecule has 2 rings (SSSR count). The van der Waals surface area contributed by atoms with Gasteiger partial charge in [0, 0.05) is 12.1 Å². The molecule has 0 fully saturated rings. The van der Waals surface area contributed by atoms with E-state index in [2.05, 4.69) is 5.32 Å². The van der Waals surface area contributed by atoms with Crippen LogP contribution in [0.5, 0.6) is 5.75 Å². The van der Waals surface area contributed by atoms with E-state index in [4.69, 9.17) is 8.19 Å². The third-order valence-electron chi connectivity index (χ3n) is 2.82. The second kappa shape index (κ2) is 8.48. The first-order valence-corrected chi connectivity index (χ1v) is 10.3. The number of benzene rings is 2. The first kappa shape index (κ1) is 20.4. The molecule has 134 valence electrons. The van der Waals surface area contributed by atoms with Gasteiger partial charge in [0.2, 0.25) is 0 Å². The van der Waals surface area contributed by atoms with Crippen molar-refractivity contribution in [3.8, 4) is 5.75 Å². The van der Waals surface area contributed by atoms with Crippen LogP contribution in [0.3, 0.4) is 0 Å². The molecule has 2 aromatic carbocycles. The Morgan fingerprint density at radius 3 is 2.24 bits per heavy atom. The van der Waals surface area contributed by atoms with Crippen molar-refractivity contribution in [2.75, 3.05) is 5.32 Å². The van der Waals surface area contributed by atoms with E-state index in [0.29, 0.717) is 0 Å². The van der Waals surface area contributed by atoms with Gasteiger partial charge >= 0.3 is 88.1 Å². The van der Waals surface area contributed by atoms with Crippen LogP contribution in [-0.4, -0.2) is 38.3 Å². The van der Waals surface area contributed by atoms with E-state index in [9.17, 15) is 23.8 Å². The van der Waals surface area contributed by atoms with Crippen molar-refractivity contribution in [3.05, 3.63) is 58.1 Å². The Kier molecular flexibility index (Phi) is 6.93. The van der Waals surface area contributed by atoms with Gasteiger partial charge in [-0.05, 0) is 12.5 Å². The predicted octanol–water partition coefficient (Wildman–Crippen LogP) is 0.815. The first-order chi connectivity index (χ1) is 11.5. The Labute approximate surface area is 146 Å². The number of amides is 1. The van der Waals surface area contributed by atoms with Gasteiger partial charge < -0.3 is 0 Å². The van der Waals surface area contributed by atoms with Gasteiger partial charge in [-0.2, -0.15) is 0 Å². The van der Waals surface area contributed by atoms with E-state index in [1.807, 2.05) is 13.0 Å². The van der Waals surface area contributed by atoms with Crippen molar-refractivity contribution in [2.24, 2.45) is 0 Å². The van der Waals surface area contributed by atoms with E-state index < -0.39 is 29.2 Å². The fraction of sp³-hybridized carbons (Fsp3) is 0.133. The zero-order valence-corrected chi connectivity index (χ0v) is 15.3. The smallest absolute Gasteiger partial charge is 0.258 e. The van der Waals surface area contributed by atoms with Crippen LogP contribution in [0.1, 0.15) is 12.5 Å². The minimum absolute atomic E-state index is 0.153. The summed E-state index contributed by atoms with van der Waals surface area (Å²) in [7, 11) is 0. The number of anilines is 1. The summed E-state index contributed by atoms with van der Waals surface area (Å²) in [5, 5.41) is 21.8. The SMILES string of the molecule is CC(=O)Nc1ccc([As](=O)(O)O)c(O)c1.Cc1cccc([N+](=O)[O-])c1. The van der Waals surface area contributed by atoms with Crippen LogP contribution in [0, 0.1) is 17.0 Å². The first-order valence-electron chi connectivity index (χ1n) is 6.88. The van der Waals surface area contributed by atoms with Gasteiger partial charge in [0.05, 0.1) is 4.92 Å². The average Bonchev–Trinajstić information content (AvgIpc) is 2.45. The van der Waals surface area contributed by atoms with Crippen LogP contribution in [0.25, 0.3) is 0 Å². The number of phenolic OH excluding ortho intramolecular Hbond substituents is 1. The molecule has 1 amide bonds. The number of nitrogens with zero attached hydrogens (tertiary/aromatic N) is 1. The van der Waals surface area contributed by atoms with Crippen molar-refractivity contribution >= 4 is 35.8 Å². The van der Waals surface area contributed by atoms with Gasteiger partial charge in [0.15, 0.2) is 0 Å². The molecule has 0 radical (unpaired) electrons. The molecule has 0 aromatic heterocycles. The molecule has 0 heterocycles. The Morgan fingerprint density at radius 1 is 1.20 bits per heavy atom. The summed E-state index contributed by atoms with van der Waals surface area (Å²) in [6, 6.07) is 10.0. The van der Waals surface area contributed by atoms with E-state index in [-0.39, 0.29) is 17.3 Å². The van der Waals surface area contributed by atoms with Crippen LogP contribution in [0.4, 0.5) is 11.4 Å². The van der Waals surface area contributed by atoms with Crippen molar-refractivity contribution < 1.29 is 26.8 Å². The Morgan fingerprint density at radius 2 is 1.84 bits per heavy atom. The second-order valence-corrected chi connectivity index (χ2v) is 8.32. The quantitative estimate of drug-likeness (QED) is 0.331. The molecular formula is C15H17AsN2O7. The number of nitro groups is 1. The topological polar surface area (TPSA) is 150 Å². The molecule has 10 heteroatoms. The molecule has 0 saturated heterocycles. The van der Waals surface area contributed by atoms with Gasteiger partial charge in [-0.15, -0.1) is 0 Å².